The van der Waals surface area contributed by atoms with Gasteiger partial charge >= 0.3 is 12.1 Å². The first-order valence-corrected chi connectivity index (χ1v) is 7.63. The number of rotatable bonds is 0. The number of hydrogen-bond donors (Lipinski definition) is 0. The molecule has 0 radical (unpaired) electrons. The molecule has 1 aromatic rings. The normalized spacial score (nSPS) is 23.2. The fourth-order valence-electron chi connectivity index (χ4n) is 2.91. The zero-order valence-corrected chi connectivity index (χ0v) is 13.7. The largest absolute Gasteiger partial charge is 0.444 e. The molecule has 6 heteroatoms. The third kappa shape index (κ3) is 2.90. The number of ether oxygens (including phenoxy) is 2. The average Bonchev–Trinajstić information content (AvgIpc) is 2.64. The van der Waals surface area contributed by atoms with Crippen molar-refractivity contribution in [1.82, 2.24) is 4.90 Å². The first kappa shape index (κ1) is 15.8. The predicted octanol–water partition coefficient (Wildman–Crippen LogP) is 3.29. The standard InChI is InChI=1S/C17H20FNO4/c1-16(2,3)23-15(21)19-6-5-10-8-13-12(7-11(10)9-19)14(20)22-17(13,4)18/h7-8H,5-6,9H2,1-4H3. The van der Waals surface area contributed by atoms with Crippen LogP contribution in [0.4, 0.5) is 9.18 Å². The van der Waals surface area contributed by atoms with E-state index in [2.05, 4.69) is 0 Å². The molecule has 2 aliphatic heterocycles. The van der Waals surface area contributed by atoms with Gasteiger partial charge in [0.25, 0.3) is 5.85 Å². The van der Waals surface area contributed by atoms with E-state index in [1.165, 1.54) is 6.92 Å². The molecule has 0 N–H and O–H groups in total. The zero-order valence-electron chi connectivity index (χ0n) is 13.7. The third-order valence-electron chi connectivity index (χ3n) is 3.99. The van der Waals surface area contributed by atoms with E-state index in [4.69, 9.17) is 9.47 Å². The minimum atomic E-state index is -2.08. The minimum absolute atomic E-state index is 0.236. The molecule has 0 aliphatic carbocycles. The quantitative estimate of drug-likeness (QED) is 0.688. The molecule has 2 heterocycles. The molecule has 1 atom stereocenters. The summed E-state index contributed by atoms with van der Waals surface area (Å²) in [5, 5.41) is 0. The van der Waals surface area contributed by atoms with E-state index in [1.54, 1.807) is 17.0 Å². The van der Waals surface area contributed by atoms with Gasteiger partial charge in [-0.15, -0.1) is 0 Å². The number of halogens is 1. The zero-order chi connectivity index (χ0) is 17.0. The van der Waals surface area contributed by atoms with E-state index in [9.17, 15) is 14.0 Å². The molecule has 0 fully saturated rings. The number of hydrogen-bond acceptors (Lipinski definition) is 4. The molecule has 124 valence electrons. The number of cyclic esters (lactones) is 1. The van der Waals surface area contributed by atoms with Gasteiger partial charge in [0.1, 0.15) is 5.60 Å². The summed E-state index contributed by atoms with van der Waals surface area (Å²) in [5.41, 5.74) is 1.71. The summed E-state index contributed by atoms with van der Waals surface area (Å²) in [5.74, 6) is -2.74. The van der Waals surface area contributed by atoms with Gasteiger partial charge in [0.05, 0.1) is 5.56 Å². The molecule has 5 nitrogen and oxygen atoms in total. The molecule has 0 spiro atoms. The lowest BCUT2D eigenvalue weighted by Crippen LogP contribution is -2.40. The summed E-state index contributed by atoms with van der Waals surface area (Å²) >= 11 is 0. The van der Waals surface area contributed by atoms with Gasteiger partial charge in [0, 0.05) is 25.6 Å². The van der Waals surface area contributed by atoms with Crippen molar-refractivity contribution in [3.63, 3.8) is 0 Å². The Bertz CT molecular complexity index is 691. The van der Waals surface area contributed by atoms with E-state index in [0.717, 1.165) is 11.1 Å². The van der Waals surface area contributed by atoms with Crippen molar-refractivity contribution in [2.75, 3.05) is 6.54 Å². The first-order valence-electron chi connectivity index (χ1n) is 7.63. The maximum atomic E-state index is 14.3. The van der Waals surface area contributed by atoms with Crippen LogP contribution in [0, 0.1) is 0 Å². The second-order valence-electron chi connectivity index (χ2n) is 7.12. The Hall–Kier alpha value is -2.11. The number of alkyl halides is 1. The fraction of sp³-hybridized carbons (Fsp3) is 0.529. The molecule has 0 saturated carbocycles. The molecular formula is C17H20FNO4. The summed E-state index contributed by atoms with van der Waals surface area (Å²) in [7, 11) is 0. The van der Waals surface area contributed by atoms with Crippen LogP contribution in [-0.2, 0) is 28.3 Å². The molecule has 1 aromatic carbocycles. The van der Waals surface area contributed by atoms with E-state index < -0.39 is 17.4 Å². The second-order valence-corrected chi connectivity index (χ2v) is 7.12. The molecule has 2 aliphatic rings. The number of benzene rings is 1. The van der Waals surface area contributed by atoms with E-state index in [0.29, 0.717) is 19.5 Å². The van der Waals surface area contributed by atoms with Gasteiger partial charge in [-0.25, -0.2) is 9.59 Å². The highest BCUT2D eigenvalue weighted by atomic mass is 19.2. The van der Waals surface area contributed by atoms with Crippen molar-refractivity contribution in [2.45, 2.75) is 52.1 Å². The van der Waals surface area contributed by atoms with Crippen molar-refractivity contribution in [3.8, 4) is 0 Å². The van der Waals surface area contributed by atoms with Crippen molar-refractivity contribution in [3.05, 3.63) is 34.4 Å². The third-order valence-corrected chi connectivity index (χ3v) is 3.99. The highest BCUT2D eigenvalue weighted by Gasteiger charge is 2.43. The lowest BCUT2D eigenvalue weighted by atomic mass is 9.92. The first-order chi connectivity index (χ1) is 10.6. The van der Waals surface area contributed by atoms with Crippen LogP contribution in [0.3, 0.4) is 0 Å². The minimum Gasteiger partial charge on any atom is -0.444 e. The van der Waals surface area contributed by atoms with Crippen molar-refractivity contribution in [2.24, 2.45) is 0 Å². The predicted molar refractivity (Wildman–Crippen MR) is 80.7 cm³/mol. The van der Waals surface area contributed by atoms with Gasteiger partial charge in [0.15, 0.2) is 0 Å². The van der Waals surface area contributed by atoms with Crippen LogP contribution in [0.15, 0.2) is 12.1 Å². The van der Waals surface area contributed by atoms with Gasteiger partial charge in [-0.2, -0.15) is 4.39 Å². The Kier molecular flexibility index (Phi) is 3.39. The second kappa shape index (κ2) is 4.94. The molecule has 3 rings (SSSR count). The molecule has 23 heavy (non-hydrogen) atoms. The van der Waals surface area contributed by atoms with Gasteiger partial charge in [-0.1, -0.05) is 0 Å². The highest BCUT2D eigenvalue weighted by molar-refractivity contribution is 5.95. The van der Waals surface area contributed by atoms with E-state index in [-0.39, 0.29) is 17.2 Å². The maximum absolute atomic E-state index is 14.3. The molecule has 0 bridgehead atoms. The summed E-state index contributed by atoms with van der Waals surface area (Å²) in [6, 6.07) is 3.32. The Labute approximate surface area is 134 Å². The summed E-state index contributed by atoms with van der Waals surface area (Å²) in [6.07, 6.45) is 0.202. The van der Waals surface area contributed by atoms with Crippen molar-refractivity contribution in [1.29, 1.82) is 0 Å². The number of fused-ring (bicyclic) bond motifs is 2. The summed E-state index contributed by atoms with van der Waals surface area (Å²) in [6.45, 7) is 7.51. The van der Waals surface area contributed by atoms with Gasteiger partial charge in [-0.3, -0.25) is 0 Å². The van der Waals surface area contributed by atoms with Gasteiger partial charge in [0.2, 0.25) is 0 Å². The van der Waals surface area contributed by atoms with Crippen LogP contribution in [0.2, 0.25) is 0 Å². The maximum Gasteiger partial charge on any atom is 0.410 e. The average molecular weight is 321 g/mol. The molecular weight excluding hydrogens is 301 g/mol. The summed E-state index contributed by atoms with van der Waals surface area (Å²) < 4.78 is 24.4. The Morgan fingerprint density at radius 3 is 2.70 bits per heavy atom. The van der Waals surface area contributed by atoms with Gasteiger partial charge < -0.3 is 14.4 Å². The van der Waals surface area contributed by atoms with Crippen molar-refractivity contribution < 1.29 is 23.5 Å². The Morgan fingerprint density at radius 1 is 1.35 bits per heavy atom. The number of esters is 1. The van der Waals surface area contributed by atoms with Gasteiger partial charge in [-0.05, 0) is 50.5 Å². The smallest absolute Gasteiger partial charge is 0.410 e. The van der Waals surface area contributed by atoms with E-state index >= 15 is 0 Å². The molecule has 0 saturated heterocycles. The topological polar surface area (TPSA) is 55.8 Å². The van der Waals surface area contributed by atoms with Crippen LogP contribution in [0.1, 0.15) is 54.7 Å². The summed E-state index contributed by atoms with van der Waals surface area (Å²) in [4.78, 5) is 25.6. The van der Waals surface area contributed by atoms with Crippen LogP contribution >= 0.6 is 0 Å². The van der Waals surface area contributed by atoms with Crippen LogP contribution in [0.5, 0.6) is 0 Å². The van der Waals surface area contributed by atoms with Crippen LogP contribution in [0.25, 0.3) is 0 Å². The van der Waals surface area contributed by atoms with Crippen LogP contribution in [-0.4, -0.2) is 29.1 Å². The Balaban J connectivity index is 1.87. The van der Waals surface area contributed by atoms with E-state index in [1.807, 2.05) is 20.8 Å². The number of carbonyl (C=O) groups excluding carboxylic acids is 2. The number of carbonyl (C=O) groups is 2. The molecule has 1 unspecified atom stereocenters. The lowest BCUT2D eigenvalue weighted by molar-refractivity contribution is -0.0824. The molecule has 1 amide bonds. The Morgan fingerprint density at radius 2 is 2.04 bits per heavy atom. The van der Waals surface area contributed by atoms with Crippen LogP contribution < -0.4 is 0 Å². The molecule has 0 aromatic heterocycles. The lowest BCUT2D eigenvalue weighted by Gasteiger charge is -2.31. The fourth-order valence-corrected chi connectivity index (χ4v) is 2.91. The monoisotopic (exact) mass is 321 g/mol. The van der Waals surface area contributed by atoms with Crippen molar-refractivity contribution >= 4 is 12.1 Å². The SMILES string of the molecule is CC(C)(C)OC(=O)N1CCc2cc3c(cc2C1)C(=O)OC3(C)F. The highest BCUT2D eigenvalue weighted by Crippen LogP contribution is 2.39. The number of amides is 1. The number of nitrogens with zero attached hydrogens (tertiary/aromatic N) is 1.